The Hall–Kier alpha value is -1.07. The number of hydrogen-bond acceptors (Lipinski definition) is 4. The summed E-state index contributed by atoms with van der Waals surface area (Å²) in [6.45, 7) is 5.30. The van der Waals surface area contributed by atoms with Crippen LogP contribution in [0.4, 0.5) is 5.95 Å². The second kappa shape index (κ2) is 7.27. The van der Waals surface area contributed by atoms with E-state index in [1.807, 2.05) is 6.20 Å². The Morgan fingerprint density at radius 1 is 1.38 bits per heavy atom. The van der Waals surface area contributed by atoms with E-state index >= 15 is 0 Å². The number of piperidine rings is 1. The largest absolute Gasteiger partial charge is 0.385 e. The van der Waals surface area contributed by atoms with E-state index in [1.165, 1.54) is 32.2 Å². The van der Waals surface area contributed by atoms with Crippen molar-refractivity contribution in [2.24, 2.45) is 5.92 Å². The predicted octanol–water partition coefficient (Wildman–Crippen LogP) is 1.89. The first-order chi connectivity index (χ1) is 10.4. The standard InChI is InChI=1S/C16H28N4O/c1-21-12-4-10-19-11-8-18-16(19)20-9-3-5-14(13-20)15-6-2-7-17-15/h8,11,14-15,17H,2-7,9-10,12-13H2,1H3. The molecule has 5 nitrogen and oxygen atoms in total. The minimum Gasteiger partial charge on any atom is -0.385 e. The van der Waals surface area contributed by atoms with E-state index in [9.17, 15) is 0 Å². The third kappa shape index (κ3) is 3.58. The second-order valence-electron chi connectivity index (χ2n) is 6.32. The number of nitrogens with one attached hydrogen (secondary N) is 1. The molecule has 3 rings (SSSR count). The van der Waals surface area contributed by atoms with Crippen LogP contribution < -0.4 is 10.2 Å². The van der Waals surface area contributed by atoms with Crippen LogP contribution in [0.15, 0.2) is 12.4 Å². The van der Waals surface area contributed by atoms with Crippen molar-refractivity contribution in [3.63, 3.8) is 0 Å². The zero-order valence-electron chi connectivity index (χ0n) is 13.1. The summed E-state index contributed by atoms with van der Waals surface area (Å²) in [5.41, 5.74) is 0. The van der Waals surface area contributed by atoms with Gasteiger partial charge in [-0.25, -0.2) is 4.98 Å². The molecular formula is C16H28N4O. The van der Waals surface area contributed by atoms with E-state index in [-0.39, 0.29) is 0 Å². The third-order valence-corrected chi connectivity index (χ3v) is 4.85. The van der Waals surface area contributed by atoms with Crippen molar-refractivity contribution in [1.29, 1.82) is 0 Å². The van der Waals surface area contributed by atoms with Crippen molar-refractivity contribution in [2.45, 2.75) is 44.7 Å². The van der Waals surface area contributed by atoms with Gasteiger partial charge in [-0.1, -0.05) is 0 Å². The van der Waals surface area contributed by atoms with E-state index in [4.69, 9.17) is 4.74 Å². The lowest BCUT2D eigenvalue weighted by Gasteiger charge is -2.36. The number of imidazole rings is 1. The molecule has 0 radical (unpaired) electrons. The van der Waals surface area contributed by atoms with Crippen LogP contribution in [0.3, 0.4) is 0 Å². The van der Waals surface area contributed by atoms with Gasteiger partial charge in [0, 0.05) is 51.8 Å². The lowest BCUT2D eigenvalue weighted by atomic mass is 9.90. The van der Waals surface area contributed by atoms with E-state index in [0.29, 0.717) is 0 Å². The summed E-state index contributed by atoms with van der Waals surface area (Å²) in [7, 11) is 1.76. The summed E-state index contributed by atoms with van der Waals surface area (Å²) in [5.74, 6) is 1.93. The van der Waals surface area contributed by atoms with Gasteiger partial charge in [0.2, 0.25) is 5.95 Å². The van der Waals surface area contributed by atoms with Crippen molar-refractivity contribution in [3.8, 4) is 0 Å². The fourth-order valence-electron chi connectivity index (χ4n) is 3.77. The summed E-state index contributed by atoms with van der Waals surface area (Å²) in [5, 5.41) is 3.68. The fraction of sp³-hybridized carbons (Fsp3) is 0.812. The number of nitrogens with zero attached hydrogens (tertiary/aromatic N) is 3. The highest BCUT2D eigenvalue weighted by atomic mass is 16.5. The Morgan fingerprint density at radius 3 is 3.14 bits per heavy atom. The molecule has 1 N–H and O–H groups in total. The van der Waals surface area contributed by atoms with Gasteiger partial charge in [-0.05, 0) is 44.6 Å². The normalized spacial score (nSPS) is 26.4. The number of ether oxygens (including phenoxy) is 1. The molecular weight excluding hydrogens is 264 g/mol. The first kappa shape index (κ1) is 14.9. The van der Waals surface area contributed by atoms with Gasteiger partial charge < -0.3 is 19.5 Å². The van der Waals surface area contributed by atoms with Crippen LogP contribution in [-0.4, -0.2) is 48.9 Å². The molecule has 3 heterocycles. The maximum absolute atomic E-state index is 5.15. The predicted molar refractivity (Wildman–Crippen MR) is 84.7 cm³/mol. The summed E-state index contributed by atoms with van der Waals surface area (Å²) in [6.07, 6.45) is 10.4. The van der Waals surface area contributed by atoms with Crippen molar-refractivity contribution in [3.05, 3.63) is 12.4 Å². The van der Waals surface area contributed by atoms with E-state index in [2.05, 4.69) is 26.0 Å². The first-order valence-corrected chi connectivity index (χ1v) is 8.37. The average Bonchev–Trinajstić information content (AvgIpc) is 3.19. The van der Waals surface area contributed by atoms with Crippen molar-refractivity contribution >= 4 is 5.95 Å². The molecule has 0 saturated carbocycles. The Morgan fingerprint density at radius 2 is 2.33 bits per heavy atom. The maximum Gasteiger partial charge on any atom is 0.205 e. The van der Waals surface area contributed by atoms with Crippen molar-refractivity contribution in [1.82, 2.24) is 14.9 Å². The molecule has 2 fully saturated rings. The number of methoxy groups -OCH3 is 1. The SMILES string of the molecule is COCCCn1ccnc1N1CCCC(C2CCCN2)C1. The van der Waals surface area contributed by atoms with Gasteiger partial charge >= 0.3 is 0 Å². The number of rotatable bonds is 6. The highest BCUT2D eigenvalue weighted by molar-refractivity contribution is 5.32. The molecule has 0 amide bonds. The monoisotopic (exact) mass is 292 g/mol. The van der Waals surface area contributed by atoms with E-state index < -0.39 is 0 Å². The van der Waals surface area contributed by atoms with E-state index in [1.54, 1.807) is 7.11 Å². The molecule has 2 unspecified atom stereocenters. The summed E-state index contributed by atoms with van der Waals surface area (Å²) in [6, 6.07) is 0.727. The Labute approximate surface area is 127 Å². The Bertz CT molecular complexity index is 428. The molecule has 0 aromatic carbocycles. The van der Waals surface area contributed by atoms with Crippen LogP contribution in [0.2, 0.25) is 0 Å². The van der Waals surface area contributed by atoms with Gasteiger partial charge in [0.1, 0.15) is 0 Å². The van der Waals surface area contributed by atoms with Crippen LogP contribution in [0.5, 0.6) is 0 Å². The highest BCUT2D eigenvalue weighted by Gasteiger charge is 2.30. The van der Waals surface area contributed by atoms with Gasteiger partial charge in [-0.3, -0.25) is 0 Å². The second-order valence-corrected chi connectivity index (χ2v) is 6.32. The van der Waals surface area contributed by atoms with Crippen LogP contribution in [-0.2, 0) is 11.3 Å². The van der Waals surface area contributed by atoms with E-state index in [0.717, 1.165) is 50.6 Å². The molecule has 2 aliphatic rings. The molecule has 2 aliphatic heterocycles. The molecule has 0 aliphatic carbocycles. The molecule has 0 spiro atoms. The number of aryl methyl sites for hydroxylation is 1. The smallest absolute Gasteiger partial charge is 0.205 e. The molecule has 118 valence electrons. The lowest BCUT2D eigenvalue weighted by molar-refractivity contribution is 0.190. The maximum atomic E-state index is 5.15. The number of anilines is 1. The molecule has 5 heteroatoms. The number of hydrogen-bond donors (Lipinski definition) is 1. The summed E-state index contributed by atoms with van der Waals surface area (Å²) >= 11 is 0. The van der Waals surface area contributed by atoms with Gasteiger partial charge in [0.05, 0.1) is 0 Å². The van der Waals surface area contributed by atoms with Crippen molar-refractivity contribution < 1.29 is 4.74 Å². The molecule has 1 aromatic rings. The molecule has 2 saturated heterocycles. The molecule has 2 atom stereocenters. The van der Waals surface area contributed by atoms with Crippen LogP contribution in [0.25, 0.3) is 0 Å². The minimum atomic E-state index is 0.727. The van der Waals surface area contributed by atoms with Crippen LogP contribution >= 0.6 is 0 Å². The lowest BCUT2D eigenvalue weighted by Crippen LogP contribution is -2.44. The molecule has 21 heavy (non-hydrogen) atoms. The quantitative estimate of drug-likeness (QED) is 0.813. The zero-order valence-corrected chi connectivity index (χ0v) is 13.1. The summed E-state index contributed by atoms with van der Waals surface area (Å²) in [4.78, 5) is 7.09. The zero-order chi connectivity index (χ0) is 14.5. The van der Waals surface area contributed by atoms with Crippen LogP contribution in [0.1, 0.15) is 32.1 Å². The van der Waals surface area contributed by atoms with Crippen molar-refractivity contribution in [2.75, 3.05) is 38.3 Å². The van der Waals surface area contributed by atoms with Gasteiger partial charge in [0.25, 0.3) is 0 Å². The number of aromatic nitrogens is 2. The average molecular weight is 292 g/mol. The Balaban J connectivity index is 1.61. The topological polar surface area (TPSA) is 42.3 Å². The van der Waals surface area contributed by atoms with Gasteiger partial charge in [-0.2, -0.15) is 0 Å². The Kier molecular flexibility index (Phi) is 5.14. The van der Waals surface area contributed by atoms with Gasteiger partial charge in [0.15, 0.2) is 0 Å². The third-order valence-electron chi connectivity index (χ3n) is 4.85. The minimum absolute atomic E-state index is 0.727. The fourth-order valence-corrected chi connectivity index (χ4v) is 3.77. The highest BCUT2D eigenvalue weighted by Crippen LogP contribution is 2.27. The first-order valence-electron chi connectivity index (χ1n) is 8.37. The summed E-state index contributed by atoms with van der Waals surface area (Å²) < 4.78 is 7.44. The molecule has 0 bridgehead atoms. The van der Waals surface area contributed by atoms with Gasteiger partial charge in [-0.15, -0.1) is 0 Å². The molecule has 1 aromatic heterocycles. The van der Waals surface area contributed by atoms with Crippen LogP contribution in [0, 0.1) is 5.92 Å².